The van der Waals surface area contributed by atoms with E-state index in [0.29, 0.717) is 13.0 Å². The van der Waals surface area contributed by atoms with Gasteiger partial charge in [0.2, 0.25) is 0 Å². The molecule has 132 valence electrons. The Labute approximate surface area is 138 Å². The van der Waals surface area contributed by atoms with Crippen LogP contribution in [-0.2, 0) is 19.6 Å². The number of hydrogen-bond donors (Lipinski definition) is 1. The molecule has 3 N–H and O–H groups in total. The van der Waals surface area contributed by atoms with Crippen LogP contribution in [0, 0.1) is 6.92 Å². The second kappa shape index (κ2) is 12.0. The number of quaternary nitrogens is 1. The summed E-state index contributed by atoms with van der Waals surface area (Å²) in [5.41, 5.74) is 4.63. The molecular weight excluding hydrogens is 318 g/mol. The molecule has 0 bridgehead atoms. The fourth-order valence-electron chi connectivity index (χ4n) is 1.55. The molecule has 7 heteroatoms. The van der Waals surface area contributed by atoms with Crippen LogP contribution in [0.25, 0.3) is 0 Å². The maximum absolute atomic E-state index is 11.0. The predicted molar refractivity (Wildman–Crippen MR) is 86.6 cm³/mol. The Morgan fingerprint density at radius 3 is 2.26 bits per heavy atom. The van der Waals surface area contributed by atoms with E-state index >= 15 is 0 Å². The molecule has 0 fully saturated rings. The van der Waals surface area contributed by atoms with Crippen LogP contribution in [0.15, 0.2) is 29.2 Å². The zero-order chi connectivity index (χ0) is 17.7. The van der Waals surface area contributed by atoms with Gasteiger partial charge < -0.3 is 15.0 Å². The van der Waals surface area contributed by atoms with Crippen molar-refractivity contribution in [3.8, 4) is 0 Å². The van der Waals surface area contributed by atoms with Crippen LogP contribution in [-0.4, -0.2) is 32.1 Å². The van der Waals surface area contributed by atoms with Gasteiger partial charge in [0.05, 0.1) is 18.0 Å². The molecule has 6 nitrogen and oxygen atoms in total. The monoisotopic (exact) mass is 345 g/mol. The highest BCUT2D eigenvalue weighted by atomic mass is 32.2. The molecule has 1 aromatic rings. The summed E-state index contributed by atoms with van der Waals surface area (Å²) in [5.74, 6) is -0.0584. The molecule has 0 aliphatic carbocycles. The minimum Gasteiger partial charge on any atom is -0.744 e. The number of esters is 1. The van der Waals surface area contributed by atoms with Gasteiger partial charge in [-0.05, 0) is 38.3 Å². The Bertz CT molecular complexity index is 528. The standard InChI is InChI=1S/C9H19NO2.C7H8O3S/c1-2-3-8-12-9(11)6-4-5-7-10;1-6-2-4-7(5-3-6)11(8,9)10/h2-8,10H2,1H3;2-5H,1H3,(H,8,9,10). The summed E-state index contributed by atoms with van der Waals surface area (Å²) in [6.45, 7) is 5.39. The number of unbranched alkanes of at least 4 members (excludes halogenated alkanes) is 2. The molecule has 0 atom stereocenters. The summed E-state index contributed by atoms with van der Waals surface area (Å²) in [5, 5.41) is 0. The SMILES string of the molecule is CCCCOC(=O)CCCC[NH3+].Cc1ccc(S(=O)(=O)[O-])cc1. The lowest BCUT2D eigenvalue weighted by Crippen LogP contribution is -2.50. The van der Waals surface area contributed by atoms with E-state index in [2.05, 4.69) is 12.7 Å². The topological polar surface area (TPSA) is 111 Å². The van der Waals surface area contributed by atoms with Crippen LogP contribution in [0.3, 0.4) is 0 Å². The van der Waals surface area contributed by atoms with Gasteiger partial charge in [0.25, 0.3) is 0 Å². The molecule has 0 spiro atoms. The van der Waals surface area contributed by atoms with Gasteiger partial charge in [-0.1, -0.05) is 31.0 Å². The zero-order valence-electron chi connectivity index (χ0n) is 13.9. The van der Waals surface area contributed by atoms with Crippen molar-refractivity contribution in [1.29, 1.82) is 0 Å². The number of benzene rings is 1. The van der Waals surface area contributed by atoms with Gasteiger partial charge in [0.15, 0.2) is 0 Å². The first-order valence-electron chi connectivity index (χ1n) is 7.78. The van der Waals surface area contributed by atoms with Crippen LogP contribution in [0.5, 0.6) is 0 Å². The van der Waals surface area contributed by atoms with E-state index in [-0.39, 0.29) is 10.9 Å². The fraction of sp³-hybridized carbons (Fsp3) is 0.562. The first-order valence-corrected chi connectivity index (χ1v) is 9.19. The van der Waals surface area contributed by atoms with Gasteiger partial charge in [0.1, 0.15) is 10.1 Å². The molecule has 0 aliphatic rings. The minimum atomic E-state index is -4.27. The molecule has 0 aliphatic heterocycles. The number of carbonyl (C=O) groups is 1. The molecule has 0 aromatic heterocycles. The highest BCUT2D eigenvalue weighted by molar-refractivity contribution is 7.85. The molecule has 0 unspecified atom stereocenters. The van der Waals surface area contributed by atoms with E-state index < -0.39 is 10.1 Å². The van der Waals surface area contributed by atoms with Gasteiger partial charge in [-0.15, -0.1) is 0 Å². The van der Waals surface area contributed by atoms with E-state index in [1.807, 2.05) is 6.92 Å². The molecule has 0 heterocycles. The number of aryl methyl sites for hydroxylation is 1. The quantitative estimate of drug-likeness (QED) is 0.437. The average molecular weight is 345 g/mol. The largest absolute Gasteiger partial charge is 0.744 e. The van der Waals surface area contributed by atoms with Crippen molar-refractivity contribution >= 4 is 16.1 Å². The van der Waals surface area contributed by atoms with Crippen molar-refractivity contribution < 1.29 is 28.2 Å². The number of rotatable bonds is 8. The van der Waals surface area contributed by atoms with Gasteiger partial charge >= 0.3 is 5.97 Å². The molecule has 23 heavy (non-hydrogen) atoms. The number of hydrogen-bond acceptors (Lipinski definition) is 5. The molecule has 0 saturated carbocycles. The third-order valence-electron chi connectivity index (χ3n) is 2.95. The number of carbonyl (C=O) groups excluding carboxylic acids is 1. The second-order valence-electron chi connectivity index (χ2n) is 5.15. The fourth-order valence-corrected chi connectivity index (χ4v) is 2.02. The van der Waals surface area contributed by atoms with Gasteiger partial charge in [-0.3, -0.25) is 4.79 Å². The van der Waals surface area contributed by atoms with Crippen molar-refractivity contribution in [1.82, 2.24) is 0 Å². The third-order valence-corrected chi connectivity index (χ3v) is 3.80. The number of ether oxygens (including phenoxy) is 1. The Morgan fingerprint density at radius 1 is 1.17 bits per heavy atom. The van der Waals surface area contributed by atoms with E-state index in [9.17, 15) is 17.8 Å². The molecule has 0 radical (unpaired) electrons. The lowest BCUT2D eigenvalue weighted by molar-refractivity contribution is -0.368. The van der Waals surface area contributed by atoms with Crippen molar-refractivity contribution in [2.45, 2.75) is 50.8 Å². The van der Waals surface area contributed by atoms with E-state index in [4.69, 9.17) is 4.74 Å². The van der Waals surface area contributed by atoms with Crippen LogP contribution >= 0.6 is 0 Å². The van der Waals surface area contributed by atoms with E-state index in [1.165, 1.54) is 12.1 Å². The van der Waals surface area contributed by atoms with Crippen LogP contribution in [0.1, 0.15) is 44.6 Å². The Morgan fingerprint density at radius 2 is 1.78 bits per heavy atom. The van der Waals surface area contributed by atoms with E-state index in [0.717, 1.165) is 37.8 Å². The van der Waals surface area contributed by atoms with Gasteiger partial charge in [-0.25, -0.2) is 8.42 Å². The third kappa shape index (κ3) is 11.7. The average Bonchev–Trinajstić information content (AvgIpc) is 2.48. The molecule has 0 amide bonds. The summed E-state index contributed by atoms with van der Waals surface area (Å²) in [6.07, 6.45) is 4.53. The van der Waals surface area contributed by atoms with Crippen molar-refractivity contribution in [2.24, 2.45) is 0 Å². The lowest BCUT2D eigenvalue weighted by atomic mass is 10.2. The summed E-state index contributed by atoms with van der Waals surface area (Å²) < 4.78 is 36.1. The van der Waals surface area contributed by atoms with Gasteiger partial charge in [0, 0.05) is 6.42 Å². The zero-order valence-corrected chi connectivity index (χ0v) is 14.7. The van der Waals surface area contributed by atoms with Crippen LogP contribution in [0.2, 0.25) is 0 Å². The van der Waals surface area contributed by atoms with E-state index in [1.54, 1.807) is 12.1 Å². The highest BCUT2D eigenvalue weighted by Crippen LogP contribution is 2.08. The molecule has 0 saturated heterocycles. The molecular formula is C16H27NO5S. The summed E-state index contributed by atoms with van der Waals surface area (Å²) in [6, 6.07) is 5.78. The maximum Gasteiger partial charge on any atom is 0.305 e. The maximum atomic E-state index is 11.0. The van der Waals surface area contributed by atoms with Crippen molar-refractivity contribution in [3.63, 3.8) is 0 Å². The van der Waals surface area contributed by atoms with Crippen molar-refractivity contribution in [3.05, 3.63) is 29.8 Å². The van der Waals surface area contributed by atoms with Crippen LogP contribution in [0.4, 0.5) is 0 Å². The summed E-state index contributed by atoms with van der Waals surface area (Å²) in [4.78, 5) is 10.8. The van der Waals surface area contributed by atoms with Crippen LogP contribution < -0.4 is 5.73 Å². The van der Waals surface area contributed by atoms with Crippen molar-refractivity contribution in [2.75, 3.05) is 13.2 Å². The molecule has 1 aromatic carbocycles. The lowest BCUT2D eigenvalue weighted by Gasteiger charge is -2.05. The Balaban J connectivity index is 0.000000422. The first-order chi connectivity index (χ1) is 10.8. The Kier molecular flexibility index (Phi) is 11.3. The predicted octanol–water partition coefficient (Wildman–Crippen LogP) is 1.64. The normalized spacial score (nSPS) is 10.6. The summed E-state index contributed by atoms with van der Waals surface area (Å²) >= 11 is 0. The highest BCUT2D eigenvalue weighted by Gasteiger charge is 2.01. The van der Waals surface area contributed by atoms with Gasteiger partial charge in [-0.2, -0.15) is 0 Å². The smallest absolute Gasteiger partial charge is 0.305 e. The second-order valence-corrected chi connectivity index (χ2v) is 6.53. The molecule has 1 rings (SSSR count). The Hall–Kier alpha value is -1.44. The summed E-state index contributed by atoms with van der Waals surface area (Å²) in [7, 11) is -4.27. The minimum absolute atomic E-state index is 0.0584. The first kappa shape index (κ1) is 21.6.